The average Bonchev–Trinajstić information content (AvgIpc) is 2.04. The molecule has 1 aliphatic rings. The van der Waals surface area contributed by atoms with E-state index < -0.39 is 0 Å². The second-order valence-electron chi connectivity index (χ2n) is 3.92. The van der Waals surface area contributed by atoms with Crippen molar-refractivity contribution in [1.82, 2.24) is 10.6 Å². The zero-order chi connectivity index (χ0) is 9.14. The molecule has 0 spiro atoms. The van der Waals surface area contributed by atoms with E-state index in [9.17, 15) is 5.11 Å². The Morgan fingerprint density at radius 1 is 1.25 bits per heavy atom. The Bertz CT molecular complexity index is 130. The first-order chi connectivity index (χ1) is 5.61. The highest BCUT2D eigenvalue weighted by Gasteiger charge is 2.24. The highest BCUT2D eigenvalue weighted by molar-refractivity contribution is 4.85. The molecule has 3 heteroatoms. The number of aliphatic hydroxyl groups is 1. The smallest absolute Gasteiger partial charge is 0.0552 e. The summed E-state index contributed by atoms with van der Waals surface area (Å²) >= 11 is 0. The van der Waals surface area contributed by atoms with Crippen LogP contribution in [0.3, 0.4) is 0 Å². The normalized spacial score (nSPS) is 36.0. The third-order valence-electron chi connectivity index (χ3n) is 2.77. The summed E-state index contributed by atoms with van der Waals surface area (Å²) in [6.45, 7) is 8.07. The van der Waals surface area contributed by atoms with Crippen molar-refractivity contribution in [1.29, 1.82) is 0 Å². The summed E-state index contributed by atoms with van der Waals surface area (Å²) in [6.07, 6.45) is -0.224. The van der Waals surface area contributed by atoms with Gasteiger partial charge in [-0.3, -0.25) is 0 Å². The van der Waals surface area contributed by atoms with E-state index in [0.717, 1.165) is 13.1 Å². The van der Waals surface area contributed by atoms with Crippen LogP contribution in [0.15, 0.2) is 0 Å². The van der Waals surface area contributed by atoms with E-state index in [4.69, 9.17) is 0 Å². The Kier molecular flexibility index (Phi) is 3.50. The Hall–Kier alpha value is -0.120. The lowest BCUT2D eigenvalue weighted by Gasteiger charge is -2.34. The second-order valence-corrected chi connectivity index (χ2v) is 3.92. The molecule has 4 unspecified atom stereocenters. The summed E-state index contributed by atoms with van der Waals surface area (Å²) in [5.41, 5.74) is 0. The zero-order valence-corrected chi connectivity index (χ0v) is 8.17. The summed E-state index contributed by atoms with van der Waals surface area (Å²) < 4.78 is 0. The molecular formula is C9H20N2O. The summed E-state index contributed by atoms with van der Waals surface area (Å²) in [5, 5.41) is 16.2. The highest BCUT2D eigenvalue weighted by Crippen LogP contribution is 2.10. The van der Waals surface area contributed by atoms with Crippen LogP contribution in [0.4, 0.5) is 0 Å². The monoisotopic (exact) mass is 172 g/mol. The Morgan fingerprint density at radius 3 is 2.33 bits per heavy atom. The number of nitrogens with one attached hydrogen (secondary N) is 2. The van der Waals surface area contributed by atoms with E-state index in [1.54, 1.807) is 0 Å². The summed E-state index contributed by atoms with van der Waals surface area (Å²) in [5.74, 6) is 0.324. The van der Waals surface area contributed by atoms with Crippen LogP contribution in [0.2, 0.25) is 0 Å². The molecule has 1 rings (SSSR count). The lowest BCUT2D eigenvalue weighted by atomic mass is 9.95. The molecule has 0 aromatic rings. The molecular weight excluding hydrogens is 152 g/mol. The van der Waals surface area contributed by atoms with Gasteiger partial charge in [-0.1, -0.05) is 6.92 Å². The molecule has 1 heterocycles. The van der Waals surface area contributed by atoms with Crippen LogP contribution in [0.1, 0.15) is 20.8 Å². The highest BCUT2D eigenvalue weighted by atomic mass is 16.3. The van der Waals surface area contributed by atoms with Gasteiger partial charge in [0.15, 0.2) is 0 Å². The van der Waals surface area contributed by atoms with Gasteiger partial charge in [-0.15, -0.1) is 0 Å². The molecule has 72 valence electrons. The fourth-order valence-corrected chi connectivity index (χ4v) is 1.51. The van der Waals surface area contributed by atoms with Gasteiger partial charge in [-0.2, -0.15) is 0 Å². The van der Waals surface area contributed by atoms with Crippen LogP contribution >= 0.6 is 0 Å². The minimum atomic E-state index is -0.224. The number of hydrogen-bond acceptors (Lipinski definition) is 3. The SMILES string of the molecule is CC1CNC(C(C)C(C)O)CN1. The molecule has 3 N–H and O–H groups in total. The van der Waals surface area contributed by atoms with Crippen molar-refractivity contribution in [2.45, 2.75) is 39.0 Å². The quantitative estimate of drug-likeness (QED) is 0.547. The maximum atomic E-state index is 9.37. The van der Waals surface area contributed by atoms with Gasteiger partial charge >= 0.3 is 0 Å². The summed E-state index contributed by atoms with van der Waals surface area (Å²) in [4.78, 5) is 0. The summed E-state index contributed by atoms with van der Waals surface area (Å²) in [7, 11) is 0. The van der Waals surface area contributed by atoms with E-state index in [-0.39, 0.29) is 6.10 Å². The van der Waals surface area contributed by atoms with Gasteiger partial charge in [0, 0.05) is 25.2 Å². The van der Waals surface area contributed by atoms with E-state index in [0.29, 0.717) is 18.0 Å². The lowest BCUT2D eigenvalue weighted by Crippen LogP contribution is -2.56. The minimum Gasteiger partial charge on any atom is -0.393 e. The van der Waals surface area contributed by atoms with Gasteiger partial charge in [0.25, 0.3) is 0 Å². The molecule has 0 aromatic carbocycles. The van der Waals surface area contributed by atoms with E-state index in [2.05, 4.69) is 24.5 Å². The molecule has 12 heavy (non-hydrogen) atoms. The number of hydrogen-bond donors (Lipinski definition) is 3. The molecule has 0 radical (unpaired) electrons. The van der Waals surface area contributed by atoms with Crippen LogP contribution in [-0.2, 0) is 0 Å². The molecule has 4 atom stereocenters. The van der Waals surface area contributed by atoms with Gasteiger partial charge in [0.05, 0.1) is 6.10 Å². The van der Waals surface area contributed by atoms with Crippen molar-refractivity contribution in [3.05, 3.63) is 0 Å². The first kappa shape index (κ1) is 9.96. The Balaban J connectivity index is 2.34. The van der Waals surface area contributed by atoms with Crippen LogP contribution in [-0.4, -0.2) is 36.4 Å². The maximum Gasteiger partial charge on any atom is 0.0552 e. The molecule has 3 nitrogen and oxygen atoms in total. The zero-order valence-electron chi connectivity index (χ0n) is 8.17. The lowest BCUT2D eigenvalue weighted by molar-refractivity contribution is 0.102. The molecule has 1 aliphatic heterocycles. The molecule has 1 saturated heterocycles. The molecule has 0 aliphatic carbocycles. The largest absolute Gasteiger partial charge is 0.393 e. The third kappa shape index (κ3) is 2.44. The van der Waals surface area contributed by atoms with Crippen molar-refractivity contribution < 1.29 is 5.11 Å². The second kappa shape index (κ2) is 4.21. The predicted octanol–water partition coefficient (Wildman–Crippen LogP) is -0.0468. The average molecular weight is 172 g/mol. The van der Waals surface area contributed by atoms with E-state index >= 15 is 0 Å². The maximum absolute atomic E-state index is 9.37. The number of piperazine rings is 1. The summed E-state index contributed by atoms with van der Waals surface area (Å²) in [6, 6.07) is 0.976. The fourth-order valence-electron chi connectivity index (χ4n) is 1.51. The van der Waals surface area contributed by atoms with Crippen LogP contribution < -0.4 is 10.6 Å². The molecule has 0 amide bonds. The predicted molar refractivity (Wildman–Crippen MR) is 50.1 cm³/mol. The van der Waals surface area contributed by atoms with E-state index in [1.165, 1.54) is 0 Å². The van der Waals surface area contributed by atoms with Crippen molar-refractivity contribution in [2.24, 2.45) is 5.92 Å². The van der Waals surface area contributed by atoms with Gasteiger partial charge in [-0.05, 0) is 19.8 Å². The number of rotatable bonds is 2. The molecule has 0 bridgehead atoms. The van der Waals surface area contributed by atoms with Crippen LogP contribution in [0, 0.1) is 5.92 Å². The van der Waals surface area contributed by atoms with Gasteiger partial charge in [0.1, 0.15) is 0 Å². The molecule has 1 fully saturated rings. The first-order valence-electron chi connectivity index (χ1n) is 4.76. The molecule has 0 aromatic heterocycles. The van der Waals surface area contributed by atoms with E-state index in [1.807, 2.05) is 6.92 Å². The molecule has 0 saturated carbocycles. The van der Waals surface area contributed by atoms with Crippen LogP contribution in [0.25, 0.3) is 0 Å². The first-order valence-corrected chi connectivity index (χ1v) is 4.76. The van der Waals surface area contributed by atoms with Crippen molar-refractivity contribution >= 4 is 0 Å². The Labute approximate surface area is 74.5 Å². The van der Waals surface area contributed by atoms with Gasteiger partial charge in [0.2, 0.25) is 0 Å². The standard InChI is InChI=1S/C9H20N2O/c1-6-4-11-9(5-10-6)7(2)8(3)12/h6-12H,4-5H2,1-3H3. The fraction of sp³-hybridized carbons (Fsp3) is 1.00. The topological polar surface area (TPSA) is 44.3 Å². The third-order valence-corrected chi connectivity index (χ3v) is 2.77. The van der Waals surface area contributed by atoms with Crippen molar-refractivity contribution in [3.8, 4) is 0 Å². The minimum absolute atomic E-state index is 0.224. The number of aliphatic hydroxyl groups excluding tert-OH is 1. The van der Waals surface area contributed by atoms with Crippen molar-refractivity contribution in [3.63, 3.8) is 0 Å². The van der Waals surface area contributed by atoms with Crippen molar-refractivity contribution in [2.75, 3.05) is 13.1 Å². The van der Waals surface area contributed by atoms with Gasteiger partial charge < -0.3 is 15.7 Å². The van der Waals surface area contributed by atoms with Gasteiger partial charge in [-0.25, -0.2) is 0 Å². The van der Waals surface area contributed by atoms with Crippen LogP contribution in [0.5, 0.6) is 0 Å². The Morgan fingerprint density at radius 2 is 1.92 bits per heavy atom.